The van der Waals surface area contributed by atoms with Crippen LogP contribution >= 0.6 is 47.5 Å². The Morgan fingerprint density at radius 2 is 2.23 bits per heavy atom. The standard InChI is InChI=1S/C8H5NS4/c10-7-6(13-8(11)9-7)4-5-2-1-3-12-5/h1-4H,(H,9,10,11)/b6-4-. The van der Waals surface area contributed by atoms with Gasteiger partial charge in [-0.2, -0.15) is 0 Å². The number of nitrogens with one attached hydrogen (secondary N) is 1. The highest BCUT2D eigenvalue weighted by Gasteiger charge is 2.18. The Hall–Kier alpha value is -0.230. The number of rotatable bonds is 1. The summed E-state index contributed by atoms with van der Waals surface area (Å²) in [5.41, 5.74) is 0. The van der Waals surface area contributed by atoms with Crippen LogP contribution in [-0.2, 0) is 0 Å². The van der Waals surface area contributed by atoms with Crippen LogP contribution in [0.5, 0.6) is 0 Å². The first-order valence-corrected chi connectivity index (χ1v) is 6.05. The maximum Gasteiger partial charge on any atom is 0.143 e. The SMILES string of the molecule is S=C1NC(=S)/C(=C/c2cccs2)S1. The summed E-state index contributed by atoms with van der Waals surface area (Å²) < 4.78 is 0.743. The van der Waals surface area contributed by atoms with Crippen molar-refractivity contribution in [2.75, 3.05) is 0 Å². The van der Waals surface area contributed by atoms with Crippen molar-refractivity contribution in [2.45, 2.75) is 0 Å². The molecule has 0 bridgehead atoms. The van der Waals surface area contributed by atoms with Crippen LogP contribution in [0.3, 0.4) is 0 Å². The van der Waals surface area contributed by atoms with E-state index >= 15 is 0 Å². The minimum absolute atomic E-state index is 0.739. The molecule has 0 atom stereocenters. The van der Waals surface area contributed by atoms with E-state index in [1.54, 1.807) is 11.3 Å². The summed E-state index contributed by atoms with van der Waals surface area (Å²) in [7, 11) is 0. The van der Waals surface area contributed by atoms with E-state index in [9.17, 15) is 0 Å². The van der Waals surface area contributed by atoms with Gasteiger partial charge in [-0.25, -0.2) is 0 Å². The minimum atomic E-state index is 0.739. The molecule has 66 valence electrons. The van der Waals surface area contributed by atoms with Crippen molar-refractivity contribution < 1.29 is 0 Å². The van der Waals surface area contributed by atoms with Crippen molar-refractivity contribution in [1.82, 2.24) is 5.32 Å². The summed E-state index contributed by atoms with van der Waals surface area (Å²) in [4.78, 5) is 2.99. The molecule has 0 aliphatic carbocycles. The molecular formula is C8H5NS4. The lowest BCUT2D eigenvalue weighted by Gasteiger charge is -1.91. The molecule has 5 heteroatoms. The summed E-state index contributed by atoms with van der Waals surface area (Å²) in [5, 5.41) is 4.98. The summed E-state index contributed by atoms with van der Waals surface area (Å²) in [6.45, 7) is 0. The molecule has 13 heavy (non-hydrogen) atoms. The van der Waals surface area contributed by atoms with Gasteiger partial charge >= 0.3 is 0 Å². The van der Waals surface area contributed by atoms with Crippen LogP contribution in [0.25, 0.3) is 6.08 Å². The Balaban J connectivity index is 2.27. The number of hydrogen-bond acceptors (Lipinski definition) is 4. The molecule has 0 aromatic carbocycles. The first-order chi connectivity index (χ1) is 6.25. The molecule has 0 unspecified atom stereocenters. The Bertz CT molecular complexity index is 377. The van der Waals surface area contributed by atoms with E-state index in [0.717, 1.165) is 14.2 Å². The van der Waals surface area contributed by atoms with Crippen LogP contribution in [-0.4, -0.2) is 9.31 Å². The summed E-state index contributed by atoms with van der Waals surface area (Å²) in [5.74, 6) is 0. The van der Waals surface area contributed by atoms with Crippen molar-refractivity contribution in [3.63, 3.8) is 0 Å². The zero-order valence-electron chi connectivity index (χ0n) is 6.44. The van der Waals surface area contributed by atoms with Gasteiger partial charge in [0, 0.05) is 4.88 Å². The van der Waals surface area contributed by atoms with Crippen LogP contribution in [0.15, 0.2) is 22.4 Å². The van der Waals surface area contributed by atoms with Gasteiger partial charge in [0.25, 0.3) is 0 Å². The number of hydrogen-bond donors (Lipinski definition) is 1. The Morgan fingerprint density at radius 3 is 2.77 bits per heavy atom. The van der Waals surface area contributed by atoms with Crippen molar-refractivity contribution in [3.05, 3.63) is 27.3 Å². The van der Waals surface area contributed by atoms with Crippen molar-refractivity contribution >= 4 is 62.9 Å². The van der Waals surface area contributed by atoms with Gasteiger partial charge < -0.3 is 5.32 Å². The third-order valence-corrected chi connectivity index (χ3v) is 3.91. The van der Waals surface area contributed by atoms with E-state index in [4.69, 9.17) is 24.4 Å². The summed E-state index contributed by atoms with van der Waals surface area (Å²) >= 11 is 13.3. The van der Waals surface area contributed by atoms with E-state index in [2.05, 4.69) is 17.5 Å². The lowest BCUT2D eigenvalue weighted by atomic mass is 10.4. The van der Waals surface area contributed by atoms with Gasteiger partial charge in [0.15, 0.2) is 0 Å². The molecule has 2 rings (SSSR count). The van der Waals surface area contributed by atoms with Gasteiger partial charge in [0.2, 0.25) is 0 Å². The topological polar surface area (TPSA) is 12.0 Å². The number of thioether (sulfide) groups is 1. The predicted molar refractivity (Wildman–Crippen MR) is 68.2 cm³/mol. The van der Waals surface area contributed by atoms with Gasteiger partial charge in [0.1, 0.15) is 9.31 Å². The second-order valence-corrected chi connectivity index (χ2v) is 5.47. The lowest BCUT2D eigenvalue weighted by molar-refractivity contribution is 1.52. The highest BCUT2D eigenvalue weighted by Crippen LogP contribution is 2.27. The molecule has 0 saturated carbocycles. The first-order valence-electron chi connectivity index (χ1n) is 3.54. The zero-order chi connectivity index (χ0) is 9.26. The fraction of sp³-hybridized carbons (Fsp3) is 0. The second kappa shape index (κ2) is 3.88. The van der Waals surface area contributed by atoms with E-state index in [0.29, 0.717) is 0 Å². The van der Waals surface area contributed by atoms with Crippen molar-refractivity contribution in [2.24, 2.45) is 0 Å². The molecular weight excluding hydrogens is 238 g/mol. The average molecular weight is 243 g/mol. The minimum Gasteiger partial charge on any atom is -0.331 e. The molecule has 0 amide bonds. The third kappa shape index (κ3) is 2.17. The Labute approximate surface area is 95.2 Å². The average Bonchev–Trinajstić information content (AvgIpc) is 2.63. The summed E-state index contributed by atoms with van der Waals surface area (Å²) in [6, 6.07) is 4.08. The second-order valence-electron chi connectivity index (χ2n) is 2.37. The van der Waals surface area contributed by atoms with Crippen LogP contribution in [0, 0.1) is 0 Å². The van der Waals surface area contributed by atoms with Crippen LogP contribution in [0.2, 0.25) is 0 Å². The van der Waals surface area contributed by atoms with Gasteiger partial charge in [-0.3, -0.25) is 0 Å². The van der Waals surface area contributed by atoms with E-state index in [1.165, 1.54) is 16.6 Å². The smallest absolute Gasteiger partial charge is 0.143 e. The molecule has 1 aliphatic rings. The number of thiophene rings is 1. The Kier molecular flexibility index (Phi) is 2.78. The van der Waals surface area contributed by atoms with Crippen molar-refractivity contribution in [3.8, 4) is 0 Å². The van der Waals surface area contributed by atoms with Crippen LogP contribution < -0.4 is 5.32 Å². The van der Waals surface area contributed by atoms with Crippen LogP contribution in [0.1, 0.15) is 4.88 Å². The van der Waals surface area contributed by atoms with Gasteiger partial charge in [-0.05, 0) is 17.5 Å². The maximum atomic E-state index is 5.11. The molecule has 1 nitrogen and oxygen atoms in total. The third-order valence-electron chi connectivity index (χ3n) is 1.46. The molecule has 1 aliphatic heterocycles. The molecule has 1 fully saturated rings. The van der Waals surface area contributed by atoms with E-state index < -0.39 is 0 Å². The summed E-state index contributed by atoms with van der Waals surface area (Å²) in [6.07, 6.45) is 2.06. The Morgan fingerprint density at radius 1 is 1.38 bits per heavy atom. The molecule has 1 saturated heterocycles. The molecule has 1 aromatic heterocycles. The first kappa shape index (κ1) is 9.33. The monoisotopic (exact) mass is 243 g/mol. The molecule has 0 radical (unpaired) electrons. The normalized spacial score (nSPS) is 19.5. The number of thiocarbonyl (C=S) groups is 2. The highest BCUT2D eigenvalue weighted by molar-refractivity contribution is 8.27. The van der Waals surface area contributed by atoms with Gasteiger partial charge in [-0.1, -0.05) is 42.3 Å². The predicted octanol–water partition coefficient (Wildman–Crippen LogP) is 3.04. The van der Waals surface area contributed by atoms with Gasteiger partial charge in [0.05, 0.1) is 4.91 Å². The fourth-order valence-electron chi connectivity index (χ4n) is 0.924. The highest BCUT2D eigenvalue weighted by atomic mass is 32.2. The van der Waals surface area contributed by atoms with E-state index in [1.807, 2.05) is 11.4 Å². The quantitative estimate of drug-likeness (QED) is 0.600. The molecule has 1 N–H and O–H groups in total. The zero-order valence-corrected chi connectivity index (χ0v) is 9.71. The van der Waals surface area contributed by atoms with Crippen LogP contribution in [0.4, 0.5) is 0 Å². The van der Waals surface area contributed by atoms with Crippen molar-refractivity contribution in [1.29, 1.82) is 0 Å². The van der Waals surface area contributed by atoms with E-state index in [-0.39, 0.29) is 0 Å². The lowest BCUT2D eigenvalue weighted by Crippen LogP contribution is -2.15. The largest absolute Gasteiger partial charge is 0.331 e. The fourth-order valence-corrected chi connectivity index (χ4v) is 3.12. The molecule has 0 spiro atoms. The molecule has 1 aromatic rings. The van der Waals surface area contributed by atoms with Gasteiger partial charge in [-0.15, -0.1) is 11.3 Å². The maximum absolute atomic E-state index is 5.11. The molecule has 2 heterocycles.